The van der Waals surface area contributed by atoms with Crippen LogP contribution in [0.25, 0.3) is 55.3 Å². The van der Waals surface area contributed by atoms with Crippen molar-refractivity contribution in [3.63, 3.8) is 0 Å². The number of hydrogen-bond acceptors (Lipinski definition) is 1. The fourth-order valence-corrected chi connectivity index (χ4v) is 12.5. The standard InChI is InChI=1S/C60H45N/c1-2-12-41(13-3-1)48-19-10-14-43-15-11-20-49(58(43)48)42-24-28-45(29-25-42)61(46-30-26-44(27-31-46)59-36-34-40(39-59)35-37-59)47-32-33-53-52-18-6-9-23-56(52)60(57(53)38-47)54-21-7-4-16-50(54)51-17-5-8-22-55(51)60/h1-33,38,40H,34-37,39H2. The molecule has 0 amide bonds. The van der Waals surface area contributed by atoms with Crippen LogP contribution in [0.4, 0.5) is 17.1 Å². The highest BCUT2D eigenvalue weighted by Gasteiger charge is 2.52. The van der Waals surface area contributed by atoms with Gasteiger partial charge >= 0.3 is 0 Å². The fraction of sp³-hybridized carbons (Fsp3) is 0.133. The third kappa shape index (κ3) is 5.01. The van der Waals surface area contributed by atoms with Crippen molar-refractivity contribution in [1.82, 2.24) is 0 Å². The van der Waals surface area contributed by atoms with Gasteiger partial charge in [-0.15, -0.1) is 0 Å². The lowest BCUT2D eigenvalue weighted by atomic mass is 9.70. The predicted octanol–water partition coefficient (Wildman–Crippen LogP) is 15.8. The predicted molar refractivity (Wildman–Crippen MR) is 254 cm³/mol. The van der Waals surface area contributed by atoms with Gasteiger partial charge in [0, 0.05) is 17.1 Å². The number of benzene rings is 9. The van der Waals surface area contributed by atoms with Crippen LogP contribution >= 0.6 is 0 Å². The second kappa shape index (κ2) is 13.3. The van der Waals surface area contributed by atoms with Crippen molar-refractivity contribution in [2.45, 2.75) is 42.9 Å². The number of fused-ring (bicyclic) bond motifs is 13. The maximum atomic E-state index is 2.52. The van der Waals surface area contributed by atoms with E-state index in [2.05, 4.69) is 211 Å². The van der Waals surface area contributed by atoms with Gasteiger partial charge in [-0.1, -0.05) is 170 Å². The van der Waals surface area contributed by atoms with Crippen LogP contribution in [0.5, 0.6) is 0 Å². The summed E-state index contributed by atoms with van der Waals surface area (Å²) in [5.41, 5.74) is 20.7. The highest BCUT2D eigenvalue weighted by atomic mass is 15.1. The Balaban J connectivity index is 0.990. The van der Waals surface area contributed by atoms with Crippen molar-refractivity contribution in [1.29, 1.82) is 0 Å². The van der Waals surface area contributed by atoms with Crippen LogP contribution < -0.4 is 4.90 Å². The Labute approximate surface area is 358 Å². The minimum absolute atomic E-state index is 0.363. The summed E-state index contributed by atoms with van der Waals surface area (Å²) in [6.07, 6.45) is 6.79. The van der Waals surface area contributed by atoms with Crippen molar-refractivity contribution in [2.24, 2.45) is 5.92 Å². The van der Waals surface area contributed by atoms with Crippen LogP contribution in [0.15, 0.2) is 206 Å². The molecule has 1 nitrogen and oxygen atoms in total. The number of nitrogens with zero attached hydrogens (tertiary/aromatic N) is 1. The van der Waals surface area contributed by atoms with E-state index in [1.807, 2.05) is 0 Å². The zero-order valence-electron chi connectivity index (χ0n) is 34.2. The first-order valence-electron chi connectivity index (χ1n) is 22.2. The Bertz CT molecular complexity index is 3100. The van der Waals surface area contributed by atoms with Crippen molar-refractivity contribution in [3.8, 4) is 44.5 Å². The molecule has 61 heavy (non-hydrogen) atoms. The Morgan fingerprint density at radius 3 is 1.41 bits per heavy atom. The summed E-state index contributed by atoms with van der Waals surface area (Å²) in [5.74, 6) is 0.911. The zero-order chi connectivity index (χ0) is 40.1. The van der Waals surface area contributed by atoms with Crippen LogP contribution in [0, 0.1) is 5.92 Å². The van der Waals surface area contributed by atoms with Crippen molar-refractivity contribution >= 4 is 27.8 Å². The molecule has 290 valence electrons. The number of hydrogen-bond donors (Lipinski definition) is 0. The fourth-order valence-electron chi connectivity index (χ4n) is 12.5. The van der Waals surface area contributed by atoms with E-state index in [0.29, 0.717) is 5.41 Å². The summed E-state index contributed by atoms with van der Waals surface area (Å²) >= 11 is 0. The minimum atomic E-state index is -0.403. The van der Waals surface area contributed by atoms with Crippen LogP contribution in [-0.2, 0) is 10.8 Å². The minimum Gasteiger partial charge on any atom is -0.310 e. The molecule has 1 heteroatoms. The van der Waals surface area contributed by atoms with Gasteiger partial charge in [0.1, 0.15) is 0 Å². The average molecular weight is 780 g/mol. The summed E-state index contributed by atoms with van der Waals surface area (Å²) in [6, 6.07) is 77.9. The van der Waals surface area contributed by atoms with Gasteiger partial charge in [0.2, 0.25) is 0 Å². The highest BCUT2D eigenvalue weighted by molar-refractivity contribution is 6.06. The van der Waals surface area contributed by atoms with E-state index in [-0.39, 0.29) is 0 Å². The molecule has 2 bridgehead atoms. The lowest BCUT2D eigenvalue weighted by Gasteiger charge is -2.32. The van der Waals surface area contributed by atoms with E-state index in [1.54, 1.807) is 0 Å². The summed E-state index contributed by atoms with van der Waals surface area (Å²) in [7, 11) is 0. The summed E-state index contributed by atoms with van der Waals surface area (Å²) < 4.78 is 0. The van der Waals surface area contributed by atoms with Gasteiger partial charge in [-0.05, 0) is 163 Å². The molecule has 0 saturated heterocycles. The quantitative estimate of drug-likeness (QED) is 0.162. The molecule has 9 aromatic rings. The highest BCUT2D eigenvalue weighted by Crippen LogP contribution is 2.63. The maximum Gasteiger partial charge on any atom is 0.0726 e. The van der Waals surface area contributed by atoms with Crippen molar-refractivity contribution < 1.29 is 0 Å². The van der Waals surface area contributed by atoms with E-state index in [9.17, 15) is 0 Å². The molecular weight excluding hydrogens is 735 g/mol. The molecule has 2 fully saturated rings. The smallest absolute Gasteiger partial charge is 0.0726 e. The third-order valence-electron chi connectivity index (χ3n) is 15.1. The molecule has 4 aliphatic carbocycles. The molecular formula is C60H45N. The Morgan fingerprint density at radius 1 is 0.377 bits per heavy atom. The normalized spacial score (nSPS) is 18.5. The van der Waals surface area contributed by atoms with Gasteiger partial charge in [0.25, 0.3) is 0 Å². The second-order valence-corrected chi connectivity index (χ2v) is 18.0. The van der Waals surface area contributed by atoms with Gasteiger partial charge in [0.15, 0.2) is 0 Å². The summed E-state index contributed by atoms with van der Waals surface area (Å²) in [5, 5.41) is 2.54. The third-order valence-corrected chi connectivity index (χ3v) is 15.1. The molecule has 0 unspecified atom stereocenters. The summed E-state index contributed by atoms with van der Waals surface area (Å²) in [4.78, 5) is 2.50. The SMILES string of the molecule is c1ccc(-c2cccc3cccc(-c4ccc(N(c5ccc(C67CCC(CC6)C7)cc5)c5ccc6c(c5)C5(c7ccccc7-c7ccccc75)c5ccccc5-6)cc4)c23)cc1. The van der Waals surface area contributed by atoms with Crippen molar-refractivity contribution in [3.05, 3.63) is 234 Å². The van der Waals surface area contributed by atoms with E-state index < -0.39 is 5.41 Å². The first-order valence-corrected chi connectivity index (χ1v) is 22.2. The Morgan fingerprint density at radius 2 is 0.852 bits per heavy atom. The Kier molecular flexibility index (Phi) is 7.58. The van der Waals surface area contributed by atoms with Crippen LogP contribution in [0.3, 0.4) is 0 Å². The van der Waals surface area contributed by atoms with Gasteiger partial charge in [-0.25, -0.2) is 0 Å². The first-order chi connectivity index (χ1) is 30.2. The molecule has 0 atom stereocenters. The van der Waals surface area contributed by atoms with E-state index in [0.717, 1.165) is 11.6 Å². The number of anilines is 3. The monoisotopic (exact) mass is 779 g/mol. The molecule has 0 radical (unpaired) electrons. The van der Waals surface area contributed by atoms with E-state index in [4.69, 9.17) is 0 Å². The topological polar surface area (TPSA) is 3.24 Å². The van der Waals surface area contributed by atoms with E-state index >= 15 is 0 Å². The van der Waals surface area contributed by atoms with Crippen LogP contribution in [0.1, 0.15) is 59.9 Å². The lowest BCUT2D eigenvalue weighted by molar-refractivity contribution is 0.419. The zero-order valence-corrected chi connectivity index (χ0v) is 34.2. The largest absolute Gasteiger partial charge is 0.310 e. The molecule has 0 heterocycles. The van der Waals surface area contributed by atoms with Crippen LogP contribution in [0.2, 0.25) is 0 Å². The molecule has 13 rings (SSSR count). The van der Waals surface area contributed by atoms with E-state index in [1.165, 1.54) is 127 Å². The lowest BCUT2D eigenvalue weighted by Crippen LogP contribution is -2.26. The summed E-state index contributed by atoms with van der Waals surface area (Å²) in [6.45, 7) is 0. The van der Waals surface area contributed by atoms with Gasteiger partial charge in [-0.3, -0.25) is 0 Å². The second-order valence-electron chi connectivity index (χ2n) is 18.0. The van der Waals surface area contributed by atoms with Gasteiger partial charge < -0.3 is 4.90 Å². The van der Waals surface area contributed by atoms with Crippen LogP contribution in [-0.4, -0.2) is 0 Å². The molecule has 0 aliphatic heterocycles. The molecule has 9 aromatic carbocycles. The molecule has 4 aliphatic rings. The van der Waals surface area contributed by atoms with Gasteiger partial charge in [-0.2, -0.15) is 0 Å². The average Bonchev–Trinajstić information content (AvgIpc) is 4.10. The number of rotatable bonds is 6. The molecule has 1 spiro atoms. The molecule has 2 saturated carbocycles. The Hall–Kier alpha value is -6.96. The van der Waals surface area contributed by atoms with Gasteiger partial charge in [0.05, 0.1) is 5.41 Å². The maximum absolute atomic E-state index is 2.52. The molecule has 0 aromatic heterocycles. The molecule has 0 N–H and O–H groups in total. The van der Waals surface area contributed by atoms with Crippen molar-refractivity contribution in [2.75, 3.05) is 4.90 Å². The first kappa shape index (κ1) is 34.9.